The van der Waals surface area contributed by atoms with Crippen molar-refractivity contribution in [1.29, 1.82) is 0 Å². The van der Waals surface area contributed by atoms with Crippen molar-refractivity contribution in [3.63, 3.8) is 0 Å². The summed E-state index contributed by atoms with van der Waals surface area (Å²) in [7, 11) is 0. The van der Waals surface area contributed by atoms with Gasteiger partial charge in [0.15, 0.2) is 5.82 Å². The number of hydrogen-bond donors (Lipinski definition) is 2. The number of carbonyl (C=O) groups excluding carboxylic acids is 1. The SMILES string of the molecule is CCCc1cc(NC(=O)c2ccc(F)c(Br)c2)n[nH]1. The van der Waals surface area contributed by atoms with Crippen LogP contribution in [-0.2, 0) is 6.42 Å². The molecule has 2 N–H and O–H groups in total. The molecule has 0 bridgehead atoms. The lowest BCUT2D eigenvalue weighted by Gasteiger charge is -2.02. The number of rotatable bonds is 4. The molecule has 19 heavy (non-hydrogen) atoms. The maximum Gasteiger partial charge on any atom is 0.256 e. The summed E-state index contributed by atoms with van der Waals surface area (Å²) in [5, 5.41) is 9.51. The van der Waals surface area contributed by atoms with Gasteiger partial charge in [0, 0.05) is 17.3 Å². The number of halogens is 2. The first kappa shape index (κ1) is 13.7. The van der Waals surface area contributed by atoms with Gasteiger partial charge in [-0.15, -0.1) is 0 Å². The van der Waals surface area contributed by atoms with Crippen molar-refractivity contribution in [2.24, 2.45) is 0 Å². The highest BCUT2D eigenvalue weighted by Gasteiger charge is 2.10. The minimum Gasteiger partial charge on any atom is -0.305 e. The van der Waals surface area contributed by atoms with Crippen LogP contribution in [0, 0.1) is 5.82 Å². The second-order valence-corrected chi connectivity index (χ2v) is 4.97. The zero-order valence-electron chi connectivity index (χ0n) is 10.3. The minimum atomic E-state index is -0.401. The van der Waals surface area contributed by atoms with Crippen LogP contribution in [0.25, 0.3) is 0 Å². The summed E-state index contributed by atoms with van der Waals surface area (Å²) in [6, 6.07) is 5.89. The van der Waals surface area contributed by atoms with E-state index in [0.717, 1.165) is 18.5 Å². The Hall–Kier alpha value is -1.69. The van der Waals surface area contributed by atoms with Crippen molar-refractivity contribution < 1.29 is 9.18 Å². The molecular weight excluding hydrogens is 313 g/mol. The van der Waals surface area contributed by atoms with E-state index in [1.165, 1.54) is 18.2 Å². The van der Waals surface area contributed by atoms with Crippen molar-refractivity contribution in [3.8, 4) is 0 Å². The molecule has 1 heterocycles. The predicted octanol–water partition coefficient (Wildman–Crippen LogP) is 3.52. The molecule has 1 aromatic heterocycles. The fourth-order valence-corrected chi connectivity index (χ4v) is 2.03. The van der Waals surface area contributed by atoms with Gasteiger partial charge in [0.1, 0.15) is 5.82 Å². The summed E-state index contributed by atoms with van der Waals surface area (Å²) in [4.78, 5) is 11.9. The third-order valence-corrected chi connectivity index (χ3v) is 3.18. The van der Waals surface area contributed by atoms with E-state index in [9.17, 15) is 9.18 Å². The number of nitrogens with zero attached hydrogens (tertiary/aromatic N) is 1. The van der Waals surface area contributed by atoms with Crippen LogP contribution >= 0.6 is 15.9 Å². The smallest absolute Gasteiger partial charge is 0.256 e. The molecule has 0 fully saturated rings. The van der Waals surface area contributed by atoms with E-state index in [0.29, 0.717) is 11.4 Å². The highest BCUT2D eigenvalue weighted by Crippen LogP contribution is 2.18. The molecule has 2 rings (SSSR count). The number of aromatic nitrogens is 2. The van der Waals surface area contributed by atoms with Crippen LogP contribution in [-0.4, -0.2) is 16.1 Å². The van der Waals surface area contributed by atoms with Crippen LogP contribution in [0.2, 0.25) is 0 Å². The number of aryl methyl sites for hydroxylation is 1. The minimum absolute atomic E-state index is 0.258. The molecule has 0 aliphatic heterocycles. The van der Waals surface area contributed by atoms with E-state index < -0.39 is 5.82 Å². The Morgan fingerprint density at radius 1 is 1.47 bits per heavy atom. The topological polar surface area (TPSA) is 57.8 Å². The van der Waals surface area contributed by atoms with Crippen LogP contribution in [0.1, 0.15) is 29.4 Å². The number of benzene rings is 1. The first-order valence-electron chi connectivity index (χ1n) is 5.91. The van der Waals surface area contributed by atoms with Gasteiger partial charge in [-0.05, 0) is 40.5 Å². The number of aromatic amines is 1. The molecule has 0 saturated carbocycles. The zero-order valence-corrected chi connectivity index (χ0v) is 11.9. The van der Waals surface area contributed by atoms with E-state index in [-0.39, 0.29) is 10.4 Å². The standard InChI is InChI=1S/C13H13BrFN3O/c1-2-3-9-7-12(18-17-9)16-13(19)8-4-5-11(15)10(14)6-8/h4-7H,2-3H2,1H3,(H2,16,17,18,19). The number of hydrogen-bond acceptors (Lipinski definition) is 2. The monoisotopic (exact) mass is 325 g/mol. The number of anilines is 1. The van der Waals surface area contributed by atoms with Crippen molar-refractivity contribution in [2.75, 3.05) is 5.32 Å². The van der Waals surface area contributed by atoms with Crippen LogP contribution in [0.15, 0.2) is 28.7 Å². The second-order valence-electron chi connectivity index (χ2n) is 4.11. The molecule has 0 unspecified atom stereocenters. The van der Waals surface area contributed by atoms with Crippen LogP contribution < -0.4 is 5.32 Å². The Bertz CT molecular complexity index is 597. The maximum absolute atomic E-state index is 13.1. The van der Waals surface area contributed by atoms with Gasteiger partial charge in [-0.2, -0.15) is 5.10 Å². The highest BCUT2D eigenvalue weighted by atomic mass is 79.9. The van der Waals surface area contributed by atoms with Gasteiger partial charge in [0.05, 0.1) is 4.47 Å². The molecule has 4 nitrogen and oxygen atoms in total. The Kier molecular flexibility index (Phi) is 4.31. The van der Waals surface area contributed by atoms with Crippen molar-refractivity contribution in [3.05, 3.63) is 45.8 Å². The average Bonchev–Trinajstić information content (AvgIpc) is 2.80. The predicted molar refractivity (Wildman–Crippen MR) is 74.6 cm³/mol. The first-order valence-corrected chi connectivity index (χ1v) is 6.70. The third-order valence-electron chi connectivity index (χ3n) is 2.57. The van der Waals surface area contributed by atoms with Gasteiger partial charge in [0.2, 0.25) is 0 Å². The number of amides is 1. The molecular formula is C13H13BrFN3O. The van der Waals surface area contributed by atoms with Gasteiger partial charge in [-0.25, -0.2) is 4.39 Å². The van der Waals surface area contributed by atoms with Gasteiger partial charge in [0.25, 0.3) is 5.91 Å². The summed E-state index contributed by atoms with van der Waals surface area (Å²) in [6.45, 7) is 2.06. The summed E-state index contributed by atoms with van der Waals surface area (Å²) in [5.74, 6) is -0.259. The molecule has 0 saturated heterocycles. The fraction of sp³-hybridized carbons (Fsp3) is 0.231. The van der Waals surface area contributed by atoms with Gasteiger partial charge >= 0.3 is 0 Å². The van der Waals surface area contributed by atoms with E-state index in [1.54, 1.807) is 6.07 Å². The molecule has 0 radical (unpaired) electrons. The maximum atomic E-state index is 13.1. The second kappa shape index (κ2) is 5.97. The van der Waals surface area contributed by atoms with Crippen molar-refractivity contribution in [1.82, 2.24) is 10.2 Å². The molecule has 6 heteroatoms. The Labute approximate surface area is 118 Å². The van der Waals surface area contributed by atoms with Gasteiger partial charge in [-0.1, -0.05) is 13.3 Å². The molecule has 2 aromatic rings. The van der Waals surface area contributed by atoms with Gasteiger partial charge in [-0.3, -0.25) is 9.89 Å². The molecule has 1 aromatic carbocycles. The van der Waals surface area contributed by atoms with E-state index in [1.807, 2.05) is 0 Å². The van der Waals surface area contributed by atoms with Crippen LogP contribution in [0.5, 0.6) is 0 Å². The van der Waals surface area contributed by atoms with E-state index >= 15 is 0 Å². The van der Waals surface area contributed by atoms with Crippen molar-refractivity contribution >= 4 is 27.7 Å². The molecule has 1 amide bonds. The normalized spacial score (nSPS) is 10.5. The van der Waals surface area contributed by atoms with Gasteiger partial charge < -0.3 is 5.32 Å². The Morgan fingerprint density at radius 3 is 2.95 bits per heavy atom. The molecule has 0 aliphatic rings. The number of carbonyl (C=O) groups is 1. The Balaban J connectivity index is 2.09. The first-order chi connectivity index (χ1) is 9.10. The molecule has 0 spiro atoms. The van der Waals surface area contributed by atoms with E-state index in [2.05, 4.69) is 38.4 Å². The average molecular weight is 326 g/mol. The quantitative estimate of drug-likeness (QED) is 0.903. The third kappa shape index (κ3) is 3.41. The summed E-state index contributed by atoms with van der Waals surface area (Å²) >= 11 is 3.05. The largest absolute Gasteiger partial charge is 0.305 e. The summed E-state index contributed by atoms with van der Waals surface area (Å²) in [5.41, 5.74) is 1.34. The zero-order chi connectivity index (χ0) is 13.8. The number of H-pyrrole nitrogens is 1. The van der Waals surface area contributed by atoms with Crippen LogP contribution in [0.3, 0.4) is 0 Å². The van der Waals surface area contributed by atoms with Crippen molar-refractivity contribution in [2.45, 2.75) is 19.8 Å². The lowest BCUT2D eigenvalue weighted by molar-refractivity contribution is 0.102. The van der Waals surface area contributed by atoms with E-state index in [4.69, 9.17) is 0 Å². The number of nitrogens with one attached hydrogen (secondary N) is 2. The fourth-order valence-electron chi connectivity index (χ4n) is 1.65. The molecule has 100 valence electrons. The lowest BCUT2D eigenvalue weighted by atomic mass is 10.2. The summed E-state index contributed by atoms with van der Waals surface area (Å²) < 4.78 is 13.3. The Morgan fingerprint density at radius 2 is 2.26 bits per heavy atom. The van der Waals surface area contributed by atoms with Crippen LogP contribution in [0.4, 0.5) is 10.2 Å². The lowest BCUT2D eigenvalue weighted by Crippen LogP contribution is -2.12. The highest BCUT2D eigenvalue weighted by molar-refractivity contribution is 9.10. The molecule has 0 atom stereocenters. The molecule has 0 aliphatic carbocycles. The summed E-state index contributed by atoms with van der Waals surface area (Å²) in [6.07, 6.45) is 1.88.